The summed E-state index contributed by atoms with van der Waals surface area (Å²) in [5, 5.41) is 5.92. The number of anilines is 1. The molecule has 94 valence electrons. The lowest BCUT2D eigenvalue weighted by molar-refractivity contribution is 0.0959. The smallest absolute Gasteiger partial charge is 0.261 e. The van der Waals surface area contributed by atoms with Gasteiger partial charge in [-0.05, 0) is 19.1 Å². The monoisotopic (exact) mass is 262 g/mol. The van der Waals surface area contributed by atoms with Crippen LogP contribution in [0.2, 0.25) is 0 Å². The molecule has 0 spiro atoms. The molecule has 0 saturated carbocycles. The van der Waals surface area contributed by atoms with Gasteiger partial charge in [0, 0.05) is 30.4 Å². The van der Waals surface area contributed by atoms with Crippen molar-refractivity contribution in [2.75, 3.05) is 18.4 Å². The van der Waals surface area contributed by atoms with Crippen LogP contribution in [0.15, 0.2) is 30.7 Å². The summed E-state index contributed by atoms with van der Waals surface area (Å²) in [5.41, 5.74) is 0. The van der Waals surface area contributed by atoms with Crippen LogP contribution in [0, 0.1) is 6.92 Å². The maximum Gasteiger partial charge on any atom is 0.261 e. The van der Waals surface area contributed by atoms with E-state index in [1.54, 1.807) is 18.6 Å². The van der Waals surface area contributed by atoms with Crippen molar-refractivity contribution in [3.63, 3.8) is 0 Å². The molecule has 0 aliphatic rings. The lowest BCUT2D eigenvalue weighted by Gasteiger charge is -2.05. The molecule has 0 bridgehead atoms. The van der Waals surface area contributed by atoms with Crippen LogP contribution in [0.3, 0.4) is 0 Å². The van der Waals surface area contributed by atoms with E-state index in [9.17, 15) is 4.79 Å². The van der Waals surface area contributed by atoms with Gasteiger partial charge in [-0.3, -0.25) is 9.78 Å². The van der Waals surface area contributed by atoms with Crippen molar-refractivity contribution in [1.29, 1.82) is 0 Å². The molecular formula is C12H14N4OS. The Morgan fingerprint density at radius 1 is 1.33 bits per heavy atom. The van der Waals surface area contributed by atoms with Gasteiger partial charge < -0.3 is 10.6 Å². The van der Waals surface area contributed by atoms with Gasteiger partial charge >= 0.3 is 0 Å². The molecule has 0 aliphatic carbocycles. The minimum absolute atomic E-state index is 0.0333. The van der Waals surface area contributed by atoms with E-state index in [-0.39, 0.29) is 5.91 Å². The summed E-state index contributed by atoms with van der Waals surface area (Å²) >= 11 is 1.50. The average molecular weight is 262 g/mol. The first-order valence-corrected chi connectivity index (χ1v) is 6.42. The number of aromatic nitrogens is 2. The van der Waals surface area contributed by atoms with Crippen molar-refractivity contribution < 1.29 is 4.79 Å². The lowest BCUT2D eigenvalue weighted by Crippen LogP contribution is -2.28. The molecule has 6 heteroatoms. The third-order valence-corrected chi connectivity index (χ3v) is 3.24. The van der Waals surface area contributed by atoms with Crippen molar-refractivity contribution in [2.45, 2.75) is 6.92 Å². The van der Waals surface area contributed by atoms with Gasteiger partial charge in [0.15, 0.2) is 0 Å². The van der Waals surface area contributed by atoms with Gasteiger partial charge in [0.2, 0.25) is 0 Å². The second-order valence-corrected chi connectivity index (χ2v) is 4.97. The van der Waals surface area contributed by atoms with Gasteiger partial charge in [-0.25, -0.2) is 4.98 Å². The molecule has 0 aliphatic heterocycles. The zero-order valence-corrected chi connectivity index (χ0v) is 10.8. The molecule has 2 aromatic rings. The highest BCUT2D eigenvalue weighted by Gasteiger charge is 2.06. The molecule has 18 heavy (non-hydrogen) atoms. The predicted molar refractivity (Wildman–Crippen MR) is 71.9 cm³/mol. The van der Waals surface area contributed by atoms with E-state index in [0.29, 0.717) is 18.9 Å². The van der Waals surface area contributed by atoms with Crippen LogP contribution in [0.25, 0.3) is 0 Å². The third kappa shape index (κ3) is 3.53. The quantitative estimate of drug-likeness (QED) is 0.805. The second-order valence-electron chi connectivity index (χ2n) is 3.68. The normalized spacial score (nSPS) is 10.1. The molecule has 1 amide bonds. The fourth-order valence-corrected chi connectivity index (χ4v) is 2.18. The molecule has 5 nitrogen and oxygen atoms in total. The molecule has 0 unspecified atom stereocenters. The van der Waals surface area contributed by atoms with Gasteiger partial charge in [-0.2, -0.15) is 0 Å². The standard InChI is InChI=1S/C12H14N4OS/c1-9-2-3-10(18-9)12(17)16-7-6-15-11-8-13-4-5-14-11/h2-5,8H,6-7H2,1H3,(H,14,15)(H,16,17). The second kappa shape index (κ2) is 6.11. The SMILES string of the molecule is Cc1ccc(C(=O)NCCNc2cnccn2)s1. The van der Waals surface area contributed by atoms with Crippen LogP contribution in [0.4, 0.5) is 5.82 Å². The van der Waals surface area contributed by atoms with Gasteiger partial charge in [0.05, 0.1) is 11.1 Å². The first-order valence-electron chi connectivity index (χ1n) is 5.60. The van der Waals surface area contributed by atoms with Crippen LogP contribution >= 0.6 is 11.3 Å². The maximum absolute atomic E-state index is 11.7. The fraction of sp³-hybridized carbons (Fsp3) is 0.250. The fourth-order valence-electron chi connectivity index (χ4n) is 1.40. The van der Waals surface area contributed by atoms with E-state index in [2.05, 4.69) is 20.6 Å². The summed E-state index contributed by atoms with van der Waals surface area (Å²) in [5.74, 6) is 0.674. The Bertz CT molecular complexity index is 512. The molecule has 0 aromatic carbocycles. The van der Waals surface area contributed by atoms with Crippen LogP contribution in [0.5, 0.6) is 0 Å². The van der Waals surface area contributed by atoms with Crippen LogP contribution in [0.1, 0.15) is 14.5 Å². The molecular weight excluding hydrogens is 248 g/mol. The number of hydrogen-bond acceptors (Lipinski definition) is 5. The number of nitrogens with zero attached hydrogens (tertiary/aromatic N) is 2. The third-order valence-electron chi connectivity index (χ3n) is 2.24. The van der Waals surface area contributed by atoms with E-state index in [1.165, 1.54) is 11.3 Å². The first-order chi connectivity index (χ1) is 8.75. The summed E-state index contributed by atoms with van der Waals surface area (Å²) in [6, 6.07) is 3.78. The van der Waals surface area contributed by atoms with Gasteiger partial charge in [-0.1, -0.05) is 0 Å². The van der Waals surface area contributed by atoms with E-state index >= 15 is 0 Å². The average Bonchev–Trinajstić information content (AvgIpc) is 2.82. The summed E-state index contributed by atoms with van der Waals surface area (Å²) in [6.45, 7) is 3.15. The molecule has 0 saturated heterocycles. The summed E-state index contributed by atoms with van der Waals surface area (Å²) in [4.78, 5) is 21.6. The Hall–Kier alpha value is -1.95. The summed E-state index contributed by atoms with van der Waals surface area (Å²) < 4.78 is 0. The summed E-state index contributed by atoms with van der Waals surface area (Å²) in [7, 11) is 0. The van der Waals surface area contributed by atoms with Crippen molar-refractivity contribution in [3.05, 3.63) is 40.5 Å². The molecule has 2 N–H and O–H groups in total. The van der Waals surface area contributed by atoms with Crippen molar-refractivity contribution in [2.24, 2.45) is 0 Å². The molecule has 2 heterocycles. The maximum atomic E-state index is 11.7. The number of carbonyl (C=O) groups is 1. The number of carbonyl (C=O) groups excluding carboxylic acids is 1. The minimum Gasteiger partial charge on any atom is -0.367 e. The zero-order valence-electron chi connectivity index (χ0n) is 10.0. The van der Waals surface area contributed by atoms with Crippen LogP contribution in [-0.4, -0.2) is 29.0 Å². The largest absolute Gasteiger partial charge is 0.367 e. The van der Waals surface area contributed by atoms with Crippen molar-refractivity contribution >= 4 is 23.1 Å². The number of nitrogens with one attached hydrogen (secondary N) is 2. The van der Waals surface area contributed by atoms with Crippen LogP contribution < -0.4 is 10.6 Å². The predicted octanol–water partition coefficient (Wildman–Crippen LogP) is 1.69. The topological polar surface area (TPSA) is 66.9 Å². The molecule has 0 radical (unpaired) electrons. The van der Waals surface area contributed by atoms with E-state index < -0.39 is 0 Å². The number of amides is 1. The number of thiophene rings is 1. The molecule has 2 aromatic heterocycles. The Balaban J connectivity index is 1.71. The number of hydrogen-bond donors (Lipinski definition) is 2. The molecule has 0 atom stereocenters. The highest BCUT2D eigenvalue weighted by molar-refractivity contribution is 7.13. The zero-order chi connectivity index (χ0) is 12.8. The highest BCUT2D eigenvalue weighted by Crippen LogP contribution is 2.14. The van der Waals surface area contributed by atoms with E-state index in [1.807, 2.05) is 19.1 Å². The Labute approximate surface area is 109 Å². The van der Waals surface area contributed by atoms with E-state index in [0.717, 1.165) is 9.75 Å². The van der Waals surface area contributed by atoms with Gasteiger partial charge in [0.1, 0.15) is 5.82 Å². The summed E-state index contributed by atoms with van der Waals surface area (Å²) in [6.07, 6.45) is 4.88. The van der Waals surface area contributed by atoms with Crippen molar-refractivity contribution in [3.8, 4) is 0 Å². The van der Waals surface area contributed by atoms with E-state index in [4.69, 9.17) is 0 Å². The van der Waals surface area contributed by atoms with Crippen LogP contribution in [-0.2, 0) is 0 Å². The minimum atomic E-state index is -0.0333. The Kier molecular flexibility index (Phi) is 4.25. The van der Waals surface area contributed by atoms with Crippen molar-refractivity contribution in [1.82, 2.24) is 15.3 Å². The highest BCUT2D eigenvalue weighted by atomic mass is 32.1. The lowest BCUT2D eigenvalue weighted by atomic mass is 10.4. The number of aryl methyl sites for hydroxylation is 1. The number of rotatable bonds is 5. The molecule has 0 fully saturated rings. The van der Waals surface area contributed by atoms with Gasteiger partial charge in [-0.15, -0.1) is 11.3 Å². The Morgan fingerprint density at radius 2 is 2.22 bits per heavy atom. The Morgan fingerprint density at radius 3 is 2.89 bits per heavy atom. The first kappa shape index (κ1) is 12.5. The van der Waals surface area contributed by atoms with Gasteiger partial charge in [0.25, 0.3) is 5.91 Å². The molecule has 2 rings (SSSR count).